The number of anilines is 2. The van der Waals surface area contributed by atoms with Crippen LogP contribution in [0.4, 0.5) is 11.4 Å². The van der Waals surface area contributed by atoms with Crippen molar-refractivity contribution < 1.29 is 19.1 Å². The second-order valence-electron chi connectivity index (χ2n) is 8.30. The number of benzene rings is 2. The number of aromatic nitrogens is 4. The molecule has 3 heterocycles. The maximum absolute atomic E-state index is 12.8. The molecule has 1 atom stereocenters. The second-order valence-corrected chi connectivity index (χ2v) is 8.30. The molecule has 4 aromatic rings. The Hall–Kier alpha value is -4.73. The van der Waals surface area contributed by atoms with Gasteiger partial charge in [0.15, 0.2) is 0 Å². The molecule has 5 rings (SSSR count). The first-order chi connectivity index (χ1) is 17.5. The molecule has 0 bridgehead atoms. The Kier molecular flexibility index (Phi) is 6.31. The van der Waals surface area contributed by atoms with E-state index in [4.69, 9.17) is 9.47 Å². The molecule has 1 unspecified atom stereocenters. The minimum atomic E-state index is -0.443. The van der Waals surface area contributed by atoms with E-state index < -0.39 is 5.92 Å². The first-order valence-corrected chi connectivity index (χ1v) is 11.4. The second kappa shape index (κ2) is 9.87. The molecule has 0 saturated carbocycles. The monoisotopic (exact) mass is 484 g/mol. The van der Waals surface area contributed by atoms with E-state index in [9.17, 15) is 9.59 Å². The third-order valence-electron chi connectivity index (χ3n) is 5.79. The van der Waals surface area contributed by atoms with Gasteiger partial charge in [-0.25, -0.2) is 9.97 Å². The molecule has 0 radical (unpaired) electrons. The van der Waals surface area contributed by atoms with Gasteiger partial charge in [0.25, 0.3) is 0 Å². The summed E-state index contributed by atoms with van der Waals surface area (Å²) in [6, 6.07) is 15.9. The number of rotatable bonds is 7. The summed E-state index contributed by atoms with van der Waals surface area (Å²) in [5.74, 6) is 2.14. The number of hydrogen-bond donors (Lipinski definition) is 1. The lowest BCUT2D eigenvalue weighted by molar-refractivity contribution is -0.122. The van der Waals surface area contributed by atoms with Crippen LogP contribution in [0.25, 0.3) is 5.82 Å². The van der Waals surface area contributed by atoms with Crippen LogP contribution in [-0.2, 0) is 9.59 Å². The van der Waals surface area contributed by atoms with Gasteiger partial charge in [-0.15, -0.1) is 0 Å². The Morgan fingerprint density at radius 1 is 1.06 bits per heavy atom. The molecule has 2 amide bonds. The van der Waals surface area contributed by atoms with E-state index in [1.807, 2.05) is 12.1 Å². The number of nitrogens with zero attached hydrogens (tertiary/aromatic N) is 5. The fourth-order valence-electron chi connectivity index (χ4n) is 3.97. The lowest BCUT2D eigenvalue weighted by Gasteiger charge is -2.17. The summed E-state index contributed by atoms with van der Waals surface area (Å²) in [6.07, 6.45) is 5.27. The number of aryl methyl sites for hydroxylation is 1. The van der Waals surface area contributed by atoms with Gasteiger partial charge in [-0.05, 0) is 55.5 Å². The summed E-state index contributed by atoms with van der Waals surface area (Å²) in [7, 11) is 1.59. The third-order valence-corrected chi connectivity index (χ3v) is 5.79. The standard InChI is InChI=1S/C26H24N6O4/c1-17-28-23(31-12-11-27-16-31)14-24(29-17)36-22-7-3-19(4-8-22)30-26(34)18-13-25(33)32(15-18)20-5-9-21(35-2)10-6-20/h3-12,14,16,18H,13,15H2,1-2H3,(H,30,34). The minimum Gasteiger partial charge on any atom is -0.497 e. The zero-order valence-electron chi connectivity index (χ0n) is 19.8. The van der Waals surface area contributed by atoms with Gasteiger partial charge in [0, 0.05) is 42.8 Å². The van der Waals surface area contributed by atoms with E-state index in [0.717, 1.165) is 5.69 Å². The Bertz CT molecular complexity index is 1370. The molecule has 1 N–H and O–H groups in total. The molecular formula is C26H24N6O4. The van der Waals surface area contributed by atoms with E-state index >= 15 is 0 Å². The summed E-state index contributed by atoms with van der Waals surface area (Å²) in [5, 5.41) is 2.89. The van der Waals surface area contributed by atoms with E-state index in [2.05, 4.69) is 20.3 Å². The summed E-state index contributed by atoms with van der Waals surface area (Å²) in [4.78, 5) is 39.7. The number of ether oxygens (including phenoxy) is 2. The van der Waals surface area contributed by atoms with Crippen LogP contribution < -0.4 is 19.7 Å². The van der Waals surface area contributed by atoms with Crippen molar-refractivity contribution in [2.24, 2.45) is 5.92 Å². The summed E-state index contributed by atoms with van der Waals surface area (Å²) in [6.45, 7) is 2.11. The van der Waals surface area contributed by atoms with Crippen LogP contribution in [-0.4, -0.2) is 45.0 Å². The first kappa shape index (κ1) is 23.0. The molecule has 0 aliphatic carbocycles. The molecule has 0 spiro atoms. The summed E-state index contributed by atoms with van der Waals surface area (Å²) >= 11 is 0. The highest BCUT2D eigenvalue weighted by Crippen LogP contribution is 2.28. The van der Waals surface area contributed by atoms with Crippen LogP contribution in [0.5, 0.6) is 17.4 Å². The molecule has 1 fully saturated rings. The van der Waals surface area contributed by atoms with Crippen molar-refractivity contribution in [3.63, 3.8) is 0 Å². The quantitative estimate of drug-likeness (QED) is 0.425. The molecule has 10 nitrogen and oxygen atoms in total. The Morgan fingerprint density at radius 2 is 1.81 bits per heavy atom. The Balaban J connectivity index is 1.21. The van der Waals surface area contributed by atoms with E-state index in [0.29, 0.717) is 41.3 Å². The molecule has 1 aliphatic rings. The fraction of sp³-hybridized carbons (Fsp3) is 0.192. The number of methoxy groups -OCH3 is 1. The zero-order chi connectivity index (χ0) is 25.1. The summed E-state index contributed by atoms with van der Waals surface area (Å²) < 4.78 is 12.8. The molecule has 2 aromatic carbocycles. The van der Waals surface area contributed by atoms with E-state index in [-0.39, 0.29) is 18.2 Å². The lowest BCUT2D eigenvalue weighted by atomic mass is 10.1. The average molecular weight is 485 g/mol. The summed E-state index contributed by atoms with van der Waals surface area (Å²) in [5.41, 5.74) is 1.36. The maximum Gasteiger partial charge on any atom is 0.229 e. The van der Waals surface area contributed by atoms with Crippen molar-refractivity contribution in [1.29, 1.82) is 0 Å². The van der Waals surface area contributed by atoms with Gasteiger partial charge in [0.2, 0.25) is 17.7 Å². The highest BCUT2D eigenvalue weighted by molar-refractivity contribution is 6.03. The number of carbonyl (C=O) groups excluding carboxylic acids is 2. The van der Waals surface area contributed by atoms with Gasteiger partial charge in [-0.2, -0.15) is 4.98 Å². The largest absolute Gasteiger partial charge is 0.497 e. The van der Waals surface area contributed by atoms with Crippen LogP contribution in [0.1, 0.15) is 12.2 Å². The molecule has 1 saturated heterocycles. The highest BCUT2D eigenvalue weighted by Gasteiger charge is 2.35. The number of carbonyl (C=O) groups is 2. The minimum absolute atomic E-state index is 0.0840. The number of imidazole rings is 1. The number of hydrogen-bond acceptors (Lipinski definition) is 7. The topological polar surface area (TPSA) is 111 Å². The van der Waals surface area contributed by atoms with Gasteiger partial charge < -0.3 is 19.7 Å². The fourth-order valence-corrected chi connectivity index (χ4v) is 3.97. The molecule has 10 heteroatoms. The van der Waals surface area contributed by atoms with Gasteiger partial charge >= 0.3 is 0 Å². The zero-order valence-corrected chi connectivity index (χ0v) is 19.8. The smallest absolute Gasteiger partial charge is 0.229 e. The van der Waals surface area contributed by atoms with Gasteiger partial charge in [0.1, 0.15) is 29.5 Å². The van der Waals surface area contributed by atoms with E-state index in [1.54, 1.807) is 84.7 Å². The van der Waals surface area contributed by atoms with Crippen LogP contribution in [0.2, 0.25) is 0 Å². The van der Waals surface area contributed by atoms with Crippen molar-refractivity contribution in [2.45, 2.75) is 13.3 Å². The van der Waals surface area contributed by atoms with Gasteiger partial charge in [0.05, 0.1) is 13.0 Å². The lowest BCUT2D eigenvalue weighted by Crippen LogP contribution is -2.28. The number of amides is 2. The molecule has 1 aliphatic heterocycles. The van der Waals surface area contributed by atoms with Crippen LogP contribution in [0, 0.1) is 12.8 Å². The van der Waals surface area contributed by atoms with Crippen LogP contribution in [0.15, 0.2) is 73.3 Å². The molecular weight excluding hydrogens is 460 g/mol. The van der Waals surface area contributed by atoms with Gasteiger partial charge in [-0.3, -0.25) is 14.2 Å². The van der Waals surface area contributed by atoms with Crippen LogP contribution >= 0.6 is 0 Å². The van der Waals surface area contributed by atoms with E-state index in [1.165, 1.54) is 0 Å². The van der Waals surface area contributed by atoms with Crippen molar-refractivity contribution in [3.8, 4) is 23.2 Å². The van der Waals surface area contributed by atoms with Crippen molar-refractivity contribution in [2.75, 3.05) is 23.9 Å². The van der Waals surface area contributed by atoms with Crippen LogP contribution in [0.3, 0.4) is 0 Å². The average Bonchev–Trinajstić information content (AvgIpc) is 3.55. The molecule has 2 aromatic heterocycles. The Morgan fingerprint density at radius 3 is 2.50 bits per heavy atom. The normalized spacial score (nSPS) is 15.1. The molecule has 182 valence electrons. The predicted molar refractivity (Wildman–Crippen MR) is 132 cm³/mol. The highest BCUT2D eigenvalue weighted by atomic mass is 16.5. The third kappa shape index (κ3) is 5.02. The molecule has 36 heavy (non-hydrogen) atoms. The van der Waals surface area contributed by atoms with Crippen molar-refractivity contribution in [1.82, 2.24) is 19.5 Å². The SMILES string of the molecule is COc1ccc(N2CC(C(=O)Nc3ccc(Oc4cc(-n5ccnc5)nc(C)n4)cc3)CC2=O)cc1. The van der Waals surface area contributed by atoms with Crippen molar-refractivity contribution in [3.05, 3.63) is 79.1 Å². The maximum atomic E-state index is 12.8. The van der Waals surface area contributed by atoms with Gasteiger partial charge in [-0.1, -0.05) is 0 Å². The Labute approximate surface area is 207 Å². The predicted octanol–water partition coefficient (Wildman–Crippen LogP) is 3.76. The van der Waals surface area contributed by atoms with Crippen molar-refractivity contribution >= 4 is 23.2 Å². The number of nitrogens with one attached hydrogen (secondary N) is 1. The first-order valence-electron chi connectivity index (χ1n) is 11.4.